The zero-order valence-electron chi connectivity index (χ0n) is 31.0. The fourth-order valence-corrected chi connectivity index (χ4v) is 9.55. The summed E-state index contributed by atoms with van der Waals surface area (Å²) in [6.45, 7) is 0. The quantitative estimate of drug-likeness (QED) is 0.162. The van der Waals surface area contributed by atoms with Gasteiger partial charge in [-0.05, 0) is 99.1 Å². The van der Waals surface area contributed by atoms with E-state index in [0.717, 1.165) is 39.0 Å². The Labute approximate surface area is 335 Å². The van der Waals surface area contributed by atoms with Crippen LogP contribution in [0.3, 0.4) is 0 Å². The van der Waals surface area contributed by atoms with Crippen LogP contribution in [0, 0.1) is 0 Å². The summed E-state index contributed by atoms with van der Waals surface area (Å²) in [4.78, 5) is 2.33. The zero-order valence-corrected chi connectivity index (χ0v) is 31.8. The average molecular weight is 746 g/mol. The second-order valence-corrected chi connectivity index (χ2v) is 15.5. The Morgan fingerprint density at radius 1 is 0.333 bits per heavy atom. The number of hydrogen-bond donors (Lipinski definition) is 0. The van der Waals surface area contributed by atoms with E-state index in [1.807, 2.05) is 23.5 Å². The van der Waals surface area contributed by atoms with Crippen molar-refractivity contribution in [3.63, 3.8) is 0 Å². The van der Waals surface area contributed by atoms with Crippen molar-refractivity contribution >= 4 is 70.5 Å². The van der Waals surface area contributed by atoms with Crippen LogP contribution in [0.2, 0.25) is 0 Å². The lowest BCUT2D eigenvalue weighted by Crippen LogP contribution is -2.09. The van der Waals surface area contributed by atoms with Gasteiger partial charge >= 0.3 is 0 Å². The number of hydrogen-bond acceptors (Lipinski definition) is 3. The number of para-hydroxylation sites is 1. The Morgan fingerprint density at radius 2 is 0.877 bits per heavy atom. The molecule has 57 heavy (non-hydrogen) atoms. The molecule has 2 nitrogen and oxygen atoms in total. The van der Waals surface area contributed by atoms with Gasteiger partial charge in [0.05, 0.1) is 0 Å². The van der Waals surface area contributed by atoms with Crippen LogP contribution < -0.4 is 4.90 Å². The maximum Gasteiger partial charge on any atom is 0.137 e. The van der Waals surface area contributed by atoms with E-state index >= 15 is 0 Å². The average Bonchev–Trinajstić information content (AvgIpc) is 3.85. The summed E-state index contributed by atoms with van der Waals surface area (Å²) in [5.74, 6) is 0. The van der Waals surface area contributed by atoms with Gasteiger partial charge < -0.3 is 9.32 Å². The van der Waals surface area contributed by atoms with E-state index in [1.165, 1.54) is 64.7 Å². The fourth-order valence-electron chi connectivity index (χ4n) is 8.43. The number of rotatable bonds is 7. The van der Waals surface area contributed by atoms with Crippen molar-refractivity contribution in [2.45, 2.75) is 0 Å². The van der Waals surface area contributed by atoms with Crippen molar-refractivity contribution in [1.82, 2.24) is 0 Å². The summed E-state index contributed by atoms with van der Waals surface area (Å²) in [6, 6.07) is 76.4. The summed E-state index contributed by atoms with van der Waals surface area (Å²) in [5, 5.41) is 4.84. The van der Waals surface area contributed by atoms with Crippen molar-refractivity contribution in [2.75, 3.05) is 4.90 Å². The first-order chi connectivity index (χ1) is 28.3. The van der Waals surface area contributed by atoms with Gasteiger partial charge in [0.15, 0.2) is 0 Å². The SMILES string of the molecule is c1ccc(-c2ccc(N(c3ccc(-c4ccc5sc6ccccc6c5c4-c4ccccc4-c4ccccc4)cc3)c3ccc4c(c3)oc3ccccc34)cc2)cc1. The highest BCUT2D eigenvalue weighted by Crippen LogP contribution is 2.48. The van der Waals surface area contributed by atoms with Crippen molar-refractivity contribution in [3.8, 4) is 44.5 Å². The summed E-state index contributed by atoms with van der Waals surface area (Å²) < 4.78 is 8.99. The van der Waals surface area contributed by atoms with Gasteiger partial charge in [-0.2, -0.15) is 0 Å². The minimum atomic E-state index is 0.870. The van der Waals surface area contributed by atoms with E-state index in [1.54, 1.807) is 0 Å². The Morgan fingerprint density at radius 3 is 1.63 bits per heavy atom. The lowest BCUT2D eigenvalue weighted by molar-refractivity contribution is 0.669. The van der Waals surface area contributed by atoms with Gasteiger partial charge in [0, 0.05) is 54.1 Å². The first-order valence-electron chi connectivity index (χ1n) is 19.3. The van der Waals surface area contributed by atoms with E-state index in [9.17, 15) is 0 Å². The Balaban J connectivity index is 1.08. The summed E-state index contributed by atoms with van der Waals surface area (Å²) in [6.07, 6.45) is 0. The Hall–Kier alpha value is -7.20. The molecule has 0 spiro atoms. The second kappa shape index (κ2) is 13.8. The molecule has 0 aliphatic carbocycles. The Bertz CT molecular complexity index is 3210. The minimum absolute atomic E-state index is 0.870. The van der Waals surface area contributed by atoms with Crippen LogP contribution in [-0.2, 0) is 0 Å². The molecule has 0 unspecified atom stereocenters. The van der Waals surface area contributed by atoms with Crippen molar-refractivity contribution < 1.29 is 4.42 Å². The first-order valence-corrected chi connectivity index (χ1v) is 20.1. The van der Waals surface area contributed by atoms with Crippen LogP contribution >= 0.6 is 11.3 Å². The highest BCUT2D eigenvalue weighted by Gasteiger charge is 2.21. The molecule has 0 saturated heterocycles. The topological polar surface area (TPSA) is 16.4 Å². The molecule has 0 radical (unpaired) electrons. The highest BCUT2D eigenvalue weighted by molar-refractivity contribution is 7.26. The van der Waals surface area contributed by atoms with Crippen LogP contribution in [0.5, 0.6) is 0 Å². The summed E-state index contributed by atoms with van der Waals surface area (Å²) in [5.41, 5.74) is 14.6. The molecule has 11 aromatic rings. The normalized spacial score (nSPS) is 11.5. The number of thiophene rings is 1. The molecule has 0 amide bonds. The molecule has 3 heteroatoms. The van der Waals surface area contributed by atoms with Gasteiger partial charge in [-0.1, -0.05) is 152 Å². The molecule has 2 heterocycles. The third-order valence-electron chi connectivity index (χ3n) is 11.1. The molecule has 0 aliphatic heterocycles. The van der Waals surface area contributed by atoms with E-state index in [2.05, 4.69) is 205 Å². The van der Waals surface area contributed by atoms with Gasteiger partial charge in [-0.25, -0.2) is 0 Å². The smallest absolute Gasteiger partial charge is 0.137 e. The van der Waals surface area contributed by atoms with Gasteiger partial charge in [0.1, 0.15) is 11.2 Å². The minimum Gasteiger partial charge on any atom is -0.456 e. The molecule has 9 aromatic carbocycles. The third-order valence-corrected chi connectivity index (χ3v) is 12.3. The van der Waals surface area contributed by atoms with Crippen molar-refractivity contribution in [2.24, 2.45) is 0 Å². The molecule has 0 bridgehead atoms. The third kappa shape index (κ3) is 5.80. The van der Waals surface area contributed by atoms with Crippen LogP contribution in [0.25, 0.3) is 86.6 Å². The maximum atomic E-state index is 6.40. The zero-order chi connectivity index (χ0) is 37.7. The molecule has 0 saturated carbocycles. The molecule has 0 aliphatic rings. The predicted molar refractivity (Wildman–Crippen MR) is 243 cm³/mol. The van der Waals surface area contributed by atoms with E-state index in [-0.39, 0.29) is 0 Å². The first kappa shape index (κ1) is 33.2. The summed E-state index contributed by atoms with van der Waals surface area (Å²) in [7, 11) is 0. The fraction of sp³-hybridized carbons (Fsp3) is 0. The van der Waals surface area contributed by atoms with Crippen LogP contribution in [-0.4, -0.2) is 0 Å². The molecular weight excluding hydrogens is 711 g/mol. The lowest BCUT2D eigenvalue weighted by atomic mass is 9.86. The number of anilines is 3. The van der Waals surface area contributed by atoms with Crippen LogP contribution in [0.4, 0.5) is 17.1 Å². The van der Waals surface area contributed by atoms with Gasteiger partial charge in [0.25, 0.3) is 0 Å². The van der Waals surface area contributed by atoms with Gasteiger partial charge in [-0.3, -0.25) is 0 Å². The summed E-state index contributed by atoms with van der Waals surface area (Å²) >= 11 is 1.86. The molecule has 2 aromatic heterocycles. The second-order valence-electron chi connectivity index (χ2n) is 14.4. The van der Waals surface area contributed by atoms with E-state index < -0.39 is 0 Å². The number of furan rings is 1. The lowest BCUT2D eigenvalue weighted by Gasteiger charge is -2.26. The molecule has 0 N–H and O–H groups in total. The number of nitrogens with zero attached hydrogens (tertiary/aromatic N) is 1. The standard InChI is InChI=1S/C54H35NOS/c1-3-13-36(14-4-1)37-23-27-40(28-24-37)55(42-31-32-46-45-18-9-11-21-49(45)56-50(46)35-42)41-29-25-39(26-30-41)44-33-34-52-54(48-20-10-12-22-51(48)57-52)53(44)47-19-8-7-17-43(47)38-15-5-2-6-16-38/h1-35H. The van der Waals surface area contributed by atoms with E-state index in [4.69, 9.17) is 4.42 Å². The molecule has 268 valence electrons. The van der Waals surface area contributed by atoms with Crippen LogP contribution in [0.1, 0.15) is 0 Å². The van der Waals surface area contributed by atoms with Crippen LogP contribution in [0.15, 0.2) is 217 Å². The predicted octanol–water partition coefficient (Wildman–Crippen LogP) is 16.1. The largest absolute Gasteiger partial charge is 0.456 e. The van der Waals surface area contributed by atoms with Crippen molar-refractivity contribution in [3.05, 3.63) is 212 Å². The Kier molecular flexibility index (Phi) is 8.04. The van der Waals surface area contributed by atoms with E-state index in [0.29, 0.717) is 0 Å². The molecule has 0 atom stereocenters. The molecule has 11 rings (SSSR count). The molecule has 0 fully saturated rings. The maximum absolute atomic E-state index is 6.40. The monoisotopic (exact) mass is 745 g/mol. The van der Waals surface area contributed by atoms with Crippen molar-refractivity contribution in [1.29, 1.82) is 0 Å². The van der Waals surface area contributed by atoms with Gasteiger partial charge in [0.2, 0.25) is 0 Å². The van der Waals surface area contributed by atoms with Gasteiger partial charge in [-0.15, -0.1) is 11.3 Å². The molecular formula is C54H35NOS. The highest BCUT2D eigenvalue weighted by atomic mass is 32.1. The number of benzene rings is 9. The number of fused-ring (bicyclic) bond motifs is 6.